The SMILES string of the molecule is CCCCO.O=C[C@H](O)[C@@H](O)[C@H](O)[C@H](O)CO. The van der Waals surface area contributed by atoms with Crippen molar-refractivity contribution in [2.24, 2.45) is 0 Å². The molecule has 0 bridgehead atoms. The largest absolute Gasteiger partial charge is 0.396 e. The first-order chi connectivity index (χ1) is 7.95. The van der Waals surface area contributed by atoms with Gasteiger partial charge in [-0.2, -0.15) is 0 Å². The molecule has 0 aromatic heterocycles. The minimum Gasteiger partial charge on any atom is -0.396 e. The number of aliphatic hydroxyl groups excluding tert-OH is 6. The number of aliphatic hydroxyl groups is 6. The van der Waals surface area contributed by atoms with E-state index in [-0.39, 0.29) is 6.29 Å². The van der Waals surface area contributed by atoms with E-state index in [1.807, 2.05) is 0 Å². The third kappa shape index (κ3) is 9.16. The van der Waals surface area contributed by atoms with E-state index in [0.29, 0.717) is 6.61 Å². The Bertz CT molecular complexity index is 174. The van der Waals surface area contributed by atoms with Gasteiger partial charge in [-0.15, -0.1) is 0 Å². The molecule has 17 heavy (non-hydrogen) atoms. The average Bonchev–Trinajstić information content (AvgIpc) is 2.36. The Balaban J connectivity index is 0. The van der Waals surface area contributed by atoms with Gasteiger partial charge in [-0.1, -0.05) is 13.3 Å². The van der Waals surface area contributed by atoms with Crippen molar-refractivity contribution in [1.29, 1.82) is 0 Å². The van der Waals surface area contributed by atoms with Crippen molar-refractivity contribution >= 4 is 6.29 Å². The maximum absolute atomic E-state index is 9.90. The van der Waals surface area contributed by atoms with Crippen molar-refractivity contribution in [1.82, 2.24) is 0 Å². The first kappa shape index (κ1) is 18.8. The number of aldehydes is 1. The molecule has 6 N–H and O–H groups in total. The van der Waals surface area contributed by atoms with Gasteiger partial charge in [-0.3, -0.25) is 0 Å². The topological polar surface area (TPSA) is 138 Å². The predicted octanol–water partition coefficient (Wildman–Crippen LogP) is -2.60. The minimum absolute atomic E-state index is 0.0258. The van der Waals surface area contributed by atoms with Crippen LogP contribution in [0.25, 0.3) is 0 Å². The van der Waals surface area contributed by atoms with Crippen LogP contribution in [-0.4, -0.2) is 74.6 Å². The highest BCUT2D eigenvalue weighted by molar-refractivity contribution is 5.56. The summed E-state index contributed by atoms with van der Waals surface area (Å²) < 4.78 is 0. The molecule has 0 unspecified atom stereocenters. The quantitative estimate of drug-likeness (QED) is 0.274. The molecule has 0 radical (unpaired) electrons. The predicted molar refractivity (Wildman–Crippen MR) is 59.2 cm³/mol. The van der Waals surface area contributed by atoms with E-state index in [4.69, 9.17) is 30.6 Å². The van der Waals surface area contributed by atoms with Crippen molar-refractivity contribution in [3.8, 4) is 0 Å². The number of unbranched alkanes of at least 4 members (excludes halogenated alkanes) is 1. The molecule has 0 saturated carbocycles. The molecular weight excluding hydrogens is 232 g/mol. The van der Waals surface area contributed by atoms with Crippen molar-refractivity contribution < 1.29 is 35.4 Å². The molecule has 0 aliphatic carbocycles. The van der Waals surface area contributed by atoms with Crippen LogP contribution < -0.4 is 0 Å². The van der Waals surface area contributed by atoms with Gasteiger partial charge >= 0.3 is 0 Å². The molecule has 7 nitrogen and oxygen atoms in total. The monoisotopic (exact) mass is 254 g/mol. The van der Waals surface area contributed by atoms with Gasteiger partial charge in [-0.25, -0.2) is 0 Å². The Kier molecular flexibility index (Phi) is 13.2. The summed E-state index contributed by atoms with van der Waals surface area (Å²) in [5, 5.41) is 51.6. The van der Waals surface area contributed by atoms with Crippen LogP contribution in [0, 0.1) is 0 Å². The number of hydrogen-bond acceptors (Lipinski definition) is 7. The van der Waals surface area contributed by atoms with Crippen LogP contribution in [0.5, 0.6) is 0 Å². The second kappa shape index (κ2) is 11.9. The van der Waals surface area contributed by atoms with E-state index >= 15 is 0 Å². The minimum atomic E-state index is -1.79. The molecule has 4 atom stereocenters. The third-order valence-electron chi connectivity index (χ3n) is 1.93. The fourth-order valence-electron chi connectivity index (χ4n) is 0.776. The van der Waals surface area contributed by atoms with E-state index in [2.05, 4.69) is 6.92 Å². The number of hydrogen-bond donors (Lipinski definition) is 6. The molecule has 0 aliphatic heterocycles. The van der Waals surface area contributed by atoms with E-state index in [9.17, 15) is 4.79 Å². The van der Waals surface area contributed by atoms with Gasteiger partial charge < -0.3 is 35.4 Å². The third-order valence-corrected chi connectivity index (χ3v) is 1.93. The van der Waals surface area contributed by atoms with Crippen LogP contribution in [0.4, 0.5) is 0 Å². The Hall–Kier alpha value is -0.570. The van der Waals surface area contributed by atoms with Crippen LogP contribution in [0.1, 0.15) is 19.8 Å². The van der Waals surface area contributed by atoms with Gasteiger partial charge in [0, 0.05) is 6.61 Å². The van der Waals surface area contributed by atoms with Gasteiger partial charge in [0.1, 0.15) is 24.4 Å². The molecule has 0 aromatic rings. The maximum atomic E-state index is 9.90. The van der Waals surface area contributed by atoms with E-state index in [0.717, 1.165) is 12.8 Å². The van der Waals surface area contributed by atoms with Crippen LogP contribution >= 0.6 is 0 Å². The normalized spacial score (nSPS) is 17.4. The molecule has 0 heterocycles. The Morgan fingerprint density at radius 2 is 1.59 bits per heavy atom. The molecule has 104 valence electrons. The molecule has 0 amide bonds. The molecule has 0 rings (SSSR count). The zero-order valence-corrected chi connectivity index (χ0v) is 9.81. The lowest BCUT2D eigenvalue weighted by Crippen LogP contribution is -2.46. The van der Waals surface area contributed by atoms with Gasteiger partial charge in [0.2, 0.25) is 0 Å². The molecule has 7 heteroatoms. The van der Waals surface area contributed by atoms with Crippen LogP contribution in [0.2, 0.25) is 0 Å². The van der Waals surface area contributed by atoms with E-state index in [1.165, 1.54) is 0 Å². The summed E-state index contributed by atoms with van der Waals surface area (Å²) in [7, 11) is 0. The zero-order valence-electron chi connectivity index (χ0n) is 9.81. The molecule has 0 spiro atoms. The second-order valence-electron chi connectivity index (χ2n) is 3.43. The summed E-state index contributed by atoms with van der Waals surface area (Å²) >= 11 is 0. The number of rotatable bonds is 7. The summed E-state index contributed by atoms with van der Waals surface area (Å²) in [5.41, 5.74) is 0. The fraction of sp³-hybridized carbons (Fsp3) is 0.900. The van der Waals surface area contributed by atoms with Gasteiger partial charge in [-0.05, 0) is 6.42 Å². The second-order valence-corrected chi connectivity index (χ2v) is 3.43. The highest BCUT2D eigenvalue weighted by atomic mass is 16.4. The molecule has 0 saturated heterocycles. The first-order valence-corrected chi connectivity index (χ1v) is 5.35. The standard InChI is InChI=1S/C6H12O6.C4H10O/c7-1-3(9)5(11)6(12)4(10)2-8;1-2-3-4-5/h1,3-6,8-12H,2H2;5H,2-4H2,1H3/t3-,4+,5+,6+;/m0./s1. The van der Waals surface area contributed by atoms with Crippen molar-refractivity contribution in [2.45, 2.75) is 44.2 Å². The Morgan fingerprint density at radius 1 is 1.06 bits per heavy atom. The Morgan fingerprint density at radius 3 is 1.82 bits per heavy atom. The maximum Gasteiger partial charge on any atom is 0.151 e. The van der Waals surface area contributed by atoms with Crippen LogP contribution in [-0.2, 0) is 4.79 Å². The average molecular weight is 254 g/mol. The van der Waals surface area contributed by atoms with Gasteiger partial charge in [0.15, 0.2) is 6.29 Å². The zero-order chi connectivity index (χ0) is 13.8. The summed E-state index contributed by atoms with van der Waals surface area (Å²) in [5.74, 6) is 0. The smallest absolute Gasteiger partial charge is 0.151 e. The Labute approximate surface area is 100.0 Å². The number of carbonyl (C=O) groups excluding carboxylic acids is 1. The van der Waals surface area contributed by atoms with Crippen molar-refractivity contribution in [3.05, 3.63) is 0 Å². The summed E-state index contributed by atoms with van der Waals surface area (Å²) in [6, 6.07) is 0. The first-order valence-electron chi connectivity index (χ1n) is 5.35. The lowest BCUT2D eigenvalue weighted by Gasteiger charge is -2.22. The lowest BCUT2D eigenvalue weighted by molar-refractivity contribution is -0.136. The fourth-order valence-corrected chi connectivity index (χ4v) is 0.776. The van der Waals surface area contributed by atoms with Crippen molar-refractivity contribution in [2.75, 3.05) is 13.2 Å². The van der Waals surface area contributed by atoms with E-state index < -0.39 is 31.0 Å². The molecule has 0 fully saturated rings. The van der Waals surface area contributed by atoms with Crippen LogP contribution in [0.15, 0.2) is 0 Å². The van der Waals surface area contributed by atoms with Gasteiger partial charge in [0.05, 0.1) is 6.61 Å². The summed E-state index contributed by atoms with van der Waals surface area (Å²) in [6.45, 7) is 1.64. The summed E-state index contributed by atoms with van der Waals surface area (Å²) in [6.07, 6.45) is -4.80. The highest BCUT2D eigenvalue weighted by Crippen LogP contribution is 2.02. The summed E-state index contributed by atoms with van der Waals surface area (Å²) in [4.78, 5) is 9.90. The van der Waals surface area contributed by atoms with E-state index in [1.54, 1.807) is 0 Å². The van der Waals surface area contributed by atoms with Gasteiger partial charge in [0.25, 0.3) is 0 Å². The van der Waals surface area contributed by atoms with Crippen molar-refractivity contribution in [3.63, 3.8) is 0 Å². The molecule has 0 aliphatic rings. The molecular formula is C10H22O7. The lowest BCUT2D eigenvalue weighted by atomic mass is 10.0. The van der Waals surface area contributed by atoms with Crippen LogP contribution in [0.3, 0.4) is 0 Å². The highest BCUT2D eigenvalue weighted by Gasteiger charge is 2.29. The molecule has 0 aromatic carbocycles. The number of carbonyl (C=O) groups is 1.